The number of esters is 1. The van der Waals surface area contributed by atoms with Crippen molar-refractivity contribution in [1.29, 1.82) is 0 Å². The van der Waals surface area contributed by atoms with Crippen molar-refractivity contribution in [3.05, 3.63) is 22.8 Å². The molecule has 0 bridgehead atoms. The molecule has 110 valence electrons. The van der Waals surface area contributed by atoms with Crippen LogP contribution in [0.15, 0.2) is 0 Å². The molecule has 1 atom stereocenters. The highest BCUT2D eigenvalue weighted by molar-refractivity contribution is 5.98. The van der Waals surface area contributed by atoms with E-state index < -0.39 is 17.9 Å². The Bertz CT molecular complexity index is 495. The van der Waals surface area contributed by atoms with E-state index >= 15 is 0 Å². The minimum Gasteiger partial charge on any atom is -0.467 e. The molecule has 1 heterocycles. The van der Waals surface area contributed by atoms with Gasteiger partial charge in [-0.25, -0.2) is 20.2 Å². The standard InChI is InChI=1S/C12H18N4O4/c1-6-10(7(2)15-8(3)14-6)11(17)16-9(5-13-19)12(18)20-4/h9,13,19H,5H2,1-4H3,(H,16,17)/t9-/m0/s1. The lowest BCUT2D eigenvalue weighted by atomic mass is 10.1. The van der Waals surface area contributed by atoms with Gasteiger partial charge in [-0.1, -0.05) is 0 Å². The topological polar surface area (TPSA) is 113 Å². The molecule has 0 radical (unpaired) electrons. The van der Waals surface area contributed by atoms with Crippen molar-refractivity contribution in [3.63, 3.8) is 0 Å². The van der Waals surface area contributed by atoms with E-state index in [4.69, 9.17) is 5.21 Å². The molecule has 3 N–H and O–H groups in total. The number of methoxy groups -OCH3 is 1. The van der Waals surface area contributed by atoms with E-state index in [1.54, 1.807) is 20.8 Å². The zero-order valence-corrected chi connectivity index (χ0v) is 11.9. The third-order valence-corrected chi connectivity index (χ3v) is 2.70. The van der Waals surface area contributed by atoms with Crippen LogP contribution in [0.25, 0.3) is 0 Å². The predicted molar refractivity (Wildman–Crippen MR) is 69.3 cm³/mol. The fraction of sp³-hybridized carbons (Fsp3) is 0.500. The average molecular weight is 282 g/mol. The Morgan fingerprint density at radius 3 is 2.25 bits per heavy atom. The van der Waals surface area contributed by atoms with E-state index in [0.29, 0.717) is 22.8 Å². The summed E-state index contributed by atoms with van der Waals surface area (Å²) in [5, 5.41) is 11.1. The van der Waals surface area contributed by atoms with Crippen molar-refractivity contribution in [2.24, 2.45) is 0 Å². The molecule has 0 spiro atoms. The molecule has 8 nitrogen and oxygen atoms in total. The largest absolute Gasteiger partial charge is 0.467 e. The van der Waals surface area contributed by atoms with Crippen LogP contribution in [-0.4, -0.2) is 46.7 Å². The molecule has 1 aromatic heterocycles. The molecule has 0 fully saturated rings. The highest BCUT2D eigenvalue weighted by Gasteiger charge is 2.24. The summed E-state index contributed by atoms with van der Waals surface area (Å²) in [6.45, 7) is 4.94. The van der Waals surface area contributed by atoms with E-state index in [0.717, 1.165) is 0 Å². The van der Waals surface area contributed by atoms with E-state index in [2.05, 4.69) is 20.0 Å². The van der Waals surface area contributed by atoms with Gasteiger partial charge < -0.3 is 15.3 Å². The Hall–Kier alpha value is -2.06. The minimum absolute atomic E-state index is 0.163. The number of rotatable bonds is 5. The van der Waals surface area contributed by atoms with Crippen molar-refractivity contribution < 1.29 is 19.5 Å². The first-order valence-electron chi connectivity index (χ1n) is 5.98. The van der Waals surface area contributed by atoms with Gasteiger partial charge in [0.2, 0.25) is 0 Å². The third kappa shape index (κ3) is 3.72. The number of amides is 1. The van der Waals surface area contributed by atoms with E-state index in [-0.39, 0.29) is 6.54 Å². The lowest BCUT2D eigenvalue weighted by molar-refractivity contribution is -0.143. The summed E-state index contributed by atoms with van der Waals surface area (Å²) in [6.07, 6.45) is 0. The van der Waals surface area contributed by atoms with Crippen LogP contribution >= 0.6 is 0 Å². The molecule has 0 saturated carbocycles. The van der Waals surface area contributed by atoms with Gasteiger partial charge in [0, 0.05) is 0 Å². The summed E-state index contributed by atoms with van der Waals surface area (Å²) in [7, 11) is 1.20. The normalized spacial score (nSPS) is 11.8. The van der Waals surface area contributed by atoms with Crippen LogP contribution in [0.2, 0.25) is 0 Å². The van der Waals surface area contributed by atoms with Crippen molar-refractivity contribution in [2.45, 2.75) is 26.8 Å². The van der Waals surface area contributed by atoms with Crippen LogP contribution in [0.4, 0.5) is 0 Å². The van der Waals surface area contributed by atoms with Crippen molar-refractivity contribution in [3.8, 4) is 0 Å². The molecule has 1 amide bonds. The lowest BCUT2D eigenvalue weighted by Crippen LogP contribution is -2.47. The lowest BCUT2D eigenvalue weighted by Gasteiger charge is -2.17. The van der Waals surface area contributed by atoms with Crippen LogP contribution < -0.4 is 10.8 Å². The van der Waals surface area contributed by atoms with E-state index in [9.17, 15) is 9.59 Å². The van der Waals surface area contributed by atoms with E-state index in [1.165, 1.54) is 7.11 Å². The van der Waals surface area contributed by atoms with Crippen LogP contribution in [0.1, 0.15) is 27.6 Å². The summed E-state index contributed by atoms with van der Waals surface area (Å²) in [5.74, 6) is -0.591. The number of hydrogen-bond donors (Lipinski definition) is 3. The quantitative estimate of drug-likeness (QED) is 0.499. The molecule has 0 saturated heterocycles. The van der Waals surface area contributed by atoms with Crippen molar-refractivity contribution in [2.75, 3.05) is 13.7 Å². The van der Waals surface area contributed by atoms with Crippen LogP contribution in [0.5, 0.6) is 0 Å². The summed E-state index contributed by atoms with van der Waals surface area (Å²) in [4.78, 5) is 31.9. The van der Waals surface area contributed by atoms with Crippen LogP contribution in [0, 0.1) is 20.8 Å². The Balaban J connectivity index is 2.97. The second-order valence-corrected chi connectivity index (χ2v) is 4.23. The van der Waals surface area contributed by atoms with Gasteiger partial charge in [-0.05, 0) is 20.8 Å². The molecule has 0 aliphatic carbocycles. The second-order valence-electron chi connectivity index (χ2n) is 4.23. The fourth-order valence-electron chi connectivity index (χ4n) is 1.87. The zero-order valence-electron chi connectivity index (χ0n) is 11.9. The number of carbonyl (C=O) groups excluding carboxylic acids is 2. The molecular formula is C12H18N4O4. The predicted octanol–water partition coefficient (Wildman–Crippen LogP) is -0.348. The number of ether oxygens (including phenoxy) is 1. The molecule has 8 heteroatoms. The van der Waals surface area contributed by atoms with Crippen LogP contribution in [-0.2, 0) is 9.53 Å². The highest BCUT2D eigenvalue weighted by Crippen LogP contribution is 2.10. The molecule has 0 aromatic carbocycles. The Kier molecular flexibility index (Phi) is 5.53. The number of hydrogen-bond acceptors (Lipinski definition) is 7. The summed E-state index contributed by atoms with van der Waals surface area (Å²) in [5.41, 5.74) is 3.18. The smallest absolute Gasteiger partial charge is 0.329 e. The Morgan fingerprint density at radius 1 is 1.25 bits per heavy atom. The number of nitrogens with zero attached hydrogens (tertiary/aromatic N) is 2. The summed E-state index contributed by atoms with van der Waals surface area (Å²) >= 11 is 0. The molecule has 0 aliphatic heterocycles. The van der Waals surface area contributed by atoms with Gasteiger partial charge in [-0.3, -0.25) is 4.79 Å². The number of hydroxylamine groups is 1. The SMILES string of the molecule is COC(=O)[C@H](CNO)NC(=O)c1c(C)nc(C)nc1C. The number of nitrogens with one attached hydrogen (secondary N) is 2. The summed E-state index contributed by atoms with van der Waals surface area (Å²) < 4.78 is 4.55. The monoisotopic (exact) mass is 282 g/mol. The molecule has 20 heavy (non-hydrogen) atoms. The number of carbonyl (C=O) groups is 2. The molecule has 0 unspecified atom stereocenters. The van der Waals surface area contributed by atoms with Crippen molar-refractivity contribution >= 4 is 11.9 Å². The molecular weight excluding hydrogens is 264 g/mol. The van der Waals surface area contributed by atoms with Crippen LogP contribution in [0.3, 0.4) is 0 Å². The third-order valence-electron chi connectivity index (χ3n) is 2.70. The first-order valence-corrected chi connectivity index (χ1v) is 5.98. The zero-order chi connectivity index (χ0) is 15.3. The summed E-state index contributed by atoms with van der Waals surface area (Å²) in [6, 6.07) is -1.00. The van der Waals surface area contributed by atoms with Gasteiger partial charge in [-0.15, -0.1) is 0 Å². The first-order chi connectivity index (χ1) is 9.40. The maximum absolute atomic E-state index is 12.2. The molecule has 0 aliphatic rings. The Morgan fingerprint density at radius 2 is 1.80 bits per heavy atom. The molecule has 1 rings (SSSR count). The van der Waals surface area contributed by atoms with Gasteiger partial charge in [0.1, 0.15) is 11.9 Å². The maximum atomic E-state index is 12.2. The number of aryl methyl sites for hydroxylation is 3. The second kappa shape index (κ2) is 6.92. The van der Waals surface area contributed by atoms with Gasteiger partial charge in [0.15, 0.2) is 0 Å². The minimum atomic E-state index is -1.00. The average Bonchev–Trinajstić information content (AvgIpc) is 2.36. The number of aromatic nitrogens is 2. The van der Waals surface area contributed by atoms with E-state index in [1.807, 2.05) is 5.48 Å². The van der Waals surface area contributed by atoms with Gasteiger partial charge in [0.05, 0.1) is 30.6 Å². The highest BCUT2D eigenvalue weighted by atomic mass is 16.5. The Labute approximate surface area is 116 Å². The first kappa shape index (κ1) is 16.0. The fourth-order valence-corrected chi connectivity index (χ4v) is 1.87. The van der Waals surface area contributed by atoms with Gasteiger partial charge in [-0.2, -0.15) is 0 Å². The molecule has 1 aromatic rings. The van der Waals surface area contributed by atoms with Gasteiger partial charge in [0.25, 0.3) is 5.91 Å². The maximum Gasteiger partial charge on any atom is 0.329 e. The van der Waals surface area contributed by atoms with Crippen molar-refractivity contribution in [1.82, 2.24) is 20.8 Å². The van der Waals surface area contributed by atoms with Gasteiger partial charge >= 0.3 is 5.97 Å².